The Hall–Kier alpha value is -2.30. The van der Waals surface area contributed by atoms with Crippen LogP contribution in [0.4, 0.5) is 5.69 Å². The first-order valence-corrected chi connectivity index (χ1v) is 6.22. The van der Waals surface area contributed by atoms with Gasteiger partial charge in [0.1, 0.15) is 0 Å². The Balaban J connectivity index is 1.75. The number of nitrogens with one attached hydrogen (secondary N) is 1. The van der Waals surface area contributed by atoms with E-state index in [0.29, 0.717) is 19.4 Å². The number of carbonyl (C=O) groups excluding carboxylic acids is 1. The van der Waals surface area contributed by atoms with Crippen molar-refractivity contribution in [2.45, 2.75) is 19.4 Å². The van der Waals surface area contributed by atoms with E-state index in [-0.39, 0.29) is 5.91 Å². The average Bonchev–Trinajstić information content (AvgIpc) is 2.80. The van der Waals surface area contributed by atoms with Crippen LogP contribution >= 0.6 is 0 Å². The number of benzene rings is 1. The zero-order valence-corrected chi connectivity index (χ0v) is 11.0. The van der Waals surface area contributed by atoms with Gasteiger partial charge < -0.3 is 11.1 Å². The van der Waals surface area contributed by atoms with Crippen molar-refractivity contribution in [1.82, 2.24) is 15.1 Å². The third-order valence-electron chi connectivity index (χ3n) is 2.84. The molecule has 0 spiro atoms. The predicted octanol–water partition coefficient (Wildman–Crippen LogP) is 1.25. The minimum atomic E-state index is 0.0336. The highest BCUT2D eigenvalue weighted by Gasteiger charge is 2.03. The molecule has 1 amide bonds. The number of hydrogen-bond acceptors (Lipinski definition) is 3. The lowest BCUT2D eigenvalue weighted by Crippen LogP contribution is -2.22. The van der Waals surface area contributed by atoms with E-state index in [4.69, 9.17) is 5.73 Å². The Morgan fingerprint density at radius 3 is 2.95 bits per heavy atom. The lowest BCUT2D eigenvalue weighted by atomic mass is 10.1. The molecule has 0 fully saturated rings. The molecule has 3 N–H and O–H groups in total. The van der Waals surface area contributed by atoms with Crippen LogP contribution < -0.4 is 11.1 Å². The van der Waals surface area contributed by atoms with Crippen LogP contribution in [0.1, 0.15) is 17.5 Å². The zero-order chi connectivity index (χ0) is 13.7. The summed E-state index contributed by atoms with van der Waals surface area (Å²) in [6.45, 7) is 0.517. The molecular weight excluding hydrogens is 240 g/mol. The van der Waals surface area contributed by atoms with Gasteiger partial charge in [0.25, 0.3) is 0 Å². The molecule has 0 aliphatic heterocycles. The van der Waals surface area contributed by atoms with Crippen LogP contribution in [0.25, 0.3) is 0 Å². The van der Waals surface area contributed by atoms with Crippen molar-refractivity contribution in [2.75, 3.05) is 5.73 Å². The van der Waals surface area contributed by atoms with E-state index in [2.05, 4.69) is 10.4 Å². The highest BCUT2D eigenvalue weighted by atomic mass is 16.1. The molecule has 0 radical (unpaired) electrons. The minimum absolute atomic E-state index is 0.0336. The number of nitrogens with two attached hydrogens (primary N) is 1. The van der Waals surface area contributed by atoms with Gasteiger partial charge in [-0.1, -0.05) is 12.1 Å². The summed E-state index contributed by atoms with van der Waals surface area (Å²) in [4.78, 5) is 11.7. The van der Waals surface area contributed by atoms with Gasteiger partial charge in [0.15, 0.2) is 0 Å². The summed E-state index contributed by atoms with van der Waals surface area (Å²) in [6, 6.07) is 7.61. The molecule has 0 unspecified atom stereocenters. The fourth-order valence-corrected chi connectivity index (χ4v) is 1.86. The molecule has 1 aromatic heterocycles. The van der Waals surface area contributed by atoms with E-state index < -0.39 is 0 Å². The Morgan fingerprint density at radius 2 is 2.26 bits per heavy atom. The molecule has 0 atom stereocenters. The van der Waals surface area contributed by atoms with E-state index >= 15 is 0 Å². The van der Waals surface area contributed by atoms with E-state index in [9.17, 15) is 4.79 Å². The first-order chi connectivity index (χ1) is 9.13. The summed E-state index contributed by atoms with van der Waals surface area (Å²) in [5.74, 6) is 0.0336. The van der Waals surface area contributed by atoms with Gasteiger partial charge >= 0.3 is 0 Å². The minimum Gasteiger partial charge on any atom is -0.399 e. The van der Waals surface area contributed by atoms with Gasteiger partial charge in [-0.3, -0.25) is 9.48 Å². The maximum absolute atomic E-state index is 11.7. The van der Waals surface area contributed by atoms with Crippen molar-refractivity contribution >= 4 is 11.6 Å². The largest absolute Gasteiger partial charge is 0.399 e. The van der Waals surface area contributed by atoms with Crippen LogP contribution in [0.5, 0.6) is 0 Å². The van der Waals surface area contributed by atoms with Crippen LogP contribution in [-0.2, 0) is 24.8 Å². The second kappa shape index (κ2) is 6.04. The van der Waals surface area contributed by atoms with Crippen molar-refractivity contribution in [3.05, 3.63) is 47.8 Å². The molecule has 100 valence electrons. The Kier molecular flexibility index (Phi) is 4.18. The number of hydrogen-bond donors (Lipinski definition) is 2. The molecular formula is C14H18N4O. The molecule has 0 saturated carbocycles. The van der Waals surface area contributed by atoms with Crippen molar-refractivity contribution in [1.29, 1.82) is 0 Å². The van der Waals surface area contributed by atoms with Crippen LogP contribution in [0.3, 0.4) is 0 Å². The highest BCUT2D eigenvalue weighted by molar-refractivity contribution is 5.76. The summed E-state index contributed by atoms with van der Waals surface area (Å²) in [6.07, 6.45) is 4.80. The quantitative estimate of drug-likeness (QED) is 0.793. The summed E-state index contributed by atoms with van der Waals surface area (Å²) in [7, 11) is 1.85. The summed E-state index contributed by atoms with van der Waals surface area (Å²) in [5.41, 5.74) is 8.50. The molecule has 2 rings (SSSR count). The van der Waals surface area contributed by atoms with Gasteiger partial charge in [-0.25, -0.2) is 0 Å². The normalized spacial score (nSPS) is 10.4. The number of nitrogen functional groups attached to an aromatic ring is 1. The lowest BCUT2D eigenvalue weighted by molar-refractivity contribution is -0.121. The third kappa shape index (κ3) is 4.13. The number of rotatable bonds is 5. The number of aromatic nitrogens is 2. The SMILES string of the molecule is Cn1cc(CNC(=O)CCc2cccc(N)c2)cn1. The Labute approximate surface area is 112 Å². The number of anilines is 1. The molecule has 0 saturated heterocycles. The van der Waals surface area contributed by atoms with E-state index in [1.54, 1.807) is 10.9 Å². The van der Waals surface area contributed by atoms with Crippen molar-refractivity contribution < 1.29 is 4.79 Å². The summed E-state index contributed by atoms with van der Waals surface area (Å²) < 4.78 is 1.72. The number of carbonyl (C=O) groups is 1. The van der Waals surface area contributed by atoms with Gasteiger partial charge in [0, 0.05) is 37.5 Å². The van der Waals surface area contributed by atoms with Crippen molar-refractivity contribution in [2.24, 2.45) is 7.05 Å². The van der Waals surface area contributed by atoms with Gasteiger partial charge in [0.05, 0.1) is 6.20 Å². The van der Waals surface area contributed by atoms with E-state index in [1.807, 2.05) is 37.5 Å². The van der Waals surface area contributed by atoms with E-state index in [0.717, 1.165) is 16.8 Å². The second-order valence-electron chi connectivity index (χ2n) is 4.54. The Bertz CT molecular complexity index is 562. The fourth-order valence-electron chi connectivity index (χ4n) is 1.86. The Morgan fingerprint density at radius 1 is 1.42 bits per heavy atom. The predicted molar refractivity (Wildman–Crippen MR) is 74.2 cm³/mol. The number of amides is 1. The standard InChI is InChI=1S/C14H18N4O/c1-18-10-12(9-17-18)8-16-14(19)6-5-11-3-2-4-13(15)7-11/h2-4,7,9-10H,5-6,8,15H2,1H3,(H,16,19). The van der Waals surface area contributed by atoms with Gasteiger partial charge in [-0.05, 0) is 24.1 Å². The smallest absolute Gasteiger partial charge is 0.220 e. The van der Waals surface area contributed by atoms with Gasteiger partial charge in [-0.15, -0.1) is 0 Å². The molecule has 0 aliphatic carbocycles. The molecule has 19 heavy (non-hydrogen) atoms. The molecule has 5 nitrogen and oxygen atoms in total. The average molecular weight is 258 g/mol. The maximum Gasteiger partial charge on any atom is 0.220 e. The summed E-state index contributed by atoms with van der Waals surface area (Å²) in [5, 5.41) is 6.92. The zero-order valence-electron chi connectivity index (χ0n) is 11.0. The second-order valence-corrected chi connectivity index (χ2v) is 4.54. The molecule has 0 aliphatic rings. The molecule has 0 bridgehead atoms. The van der Waals surface area contributed by atoms with Crippen molar-refractivity contribution in [3.63, 3.8) is 0 Å². The van der Waals surface area contributed by atoms with Crippen LogP contribution in [0.2, 0.25) is 0 Å². The topological polar surface area (TPSA) is 72.9 Å². The first kappa shape index (κ1) is 13.1. The molecule has 1 aromatic carbocycles. The van der Waals surface area contributed by atoms with Crippen LogP contribution in [-0.4, -0.2) is 15.7 Å². The van der Waals surface area contributed by atoms with Gasteiger partial charge in [-0.2, -0.15) is 5.10 Å². The number of aryl methyl sites for hydroxylation is 2. The van der Waals surface area contributed by atoms with Gasteiger partial charge in [0.2, 0.25) is 5.91 Å². The summed E-state index contributed by atoms with van der Waals surface area (Å²) >= 11 is 0. The molecule has 1 heterocycles. The highest BCUT2D eigenvalue weighted by Crippen LogP contribution is 2.08. The van der Waals surface area contributed by atoms with E-state index in [1.165, 1.54) is 0 Å². The van der Waals surface area contributed by atoms with Crippen LogP contribution in [0.15, 0.2) is 36.7 Å². The third-order valence-corrected chi connectivity index (χ3v) is 2.84. The van der Waals surface area contributed by atoms with Crippen molar-refractivity contribution in [3.8, 4) is 0 Å². The number of nitrogens with zero attached hydrogens (tertiary/aromatic N) is 2. The van der Waals surface area contributed by atoms with Crippen LogP contribution in [0, 0.1) is 0 Å². The fraction of sp³-hybridized carbons (Fsp3) is 0.286. The monoisotopic (exact) mass is 258 g/mol. The molecule has 5 heteroatoms. The first-order valence-electron chi connectivity index (χ1n) is 6.22. The lowest BCUT2D eigenvalue weighted by Gasteiger charge is -2.04. The maximum atomic E-state index is 11.7. The molecule has 2 aromatic rings.